The summed E-state index contributed by atoms with van der Waals surface area (Å²) in [7, 11) is 0. The second-order valence-electron chi connectivity index (χ2n) is 4.56. The number of ketones is 1. The summed E-state index contributed by atoms with van der Waals surface area (Å²) in [5.74, 6) is 0.449. The van der Waals surface area contributed by atoms with E-state index in [-0.39, 0.29) is 0 Å². The molecular weight excluding hydrogens is 264 g/mol. The first-order valence-corrected chi connectivity index (χ1v) is 8.01. The smallest absolute Gasteiger partial charge is 0.132 e. The third kappa shape index (κ3) is 12.2. The first-order chi connectivity index (χ1) is 7.81. The number of rotatable bonds is 12. The molecule has 0 aromatic carbocycles. The molecule has 0 aliphatic heterocycles. The number of halogens is 1. The fourth-order valence-corrected chi connectivity index (χ4v) is 2.13. The van der Waals surface area contributed by atoms with Crippen LogP contribution >= 0.6 is 15.9 Å². The number of hydrogen-bond acceptors (Lipinski definition) is 1. The van der Waals surface area contributed by atoms with E-state index in [1.165, 1.54) is 44.9 Å². The Kier molecular flexibility index (Phi) is 13.3. The van der Waals surface area contributed by atoms with Crippen LogP contribution in [0, 0.1) is 0 Å². The van der Waals surface area contributed by atoms with Crippen LogP contribution in [0.15, 0.2) is 0 Å². The Hall–Kier alpha value is 0.150. The van der Waals surface area contributed by atoms with Gasteiger partial charge < -0.3 is 0 Å². The van der Waals surface area contributed by atoms with E-state index < -0.39 is 0 Å². The highest BCUT2D eigenvalue weighted by Gasteiger charge is 2.00. The SMILES string of the molecule is CCCCCCCCCCC(=O)CCCBr. The van der Waals surface area contributed by atoms with Crippen molar-refractivity contribution >= 4 is 21.7 Å². The zero-order chi connectivity index (χ0) is 12.1. The zero-order valence-electron chi connectivity index (χ0n) is 10.8. The van der Waals surface area contributed by atoms with Crippen LogP contribution in [0.3, 0.4) is 0 Å². The molecule has 0 aliphatic rings. The lowest BCUT2D eigenvalue weighted by Gasteiger charge is -2.01. The van der Waals surface area contributed by atoms with Crippen LogP contribution in [0.25, 0.3) is 0 Å². The van der Waals surface area contributed by atoms with E-state index >= 15 is 0 Å². The van der Waals surface area contributed by atoms with Crippen LogP contribution in [-0.4, -0.2) is 11.1 Å². The van der Waals surface area contributed by atoms with Gasteiger partial charge in [-0.05, 0) is 12.8 Å². The summed E-state index contributed by atoms with van der Waals surface area (Å²) in [5.41, 5.74) is 0. The molecule has 0 heterocycles. The molecule has 0 N–H and O–H groups in total. The van der Waals surface area contributed by atoms with Gasteiger partial charge in [-0.1, -0.05) is 67.8 Å². The Morgan fingerprint density at radius 1 is 0.812 bits per heavy atom. The largest absolute Gasteiger partial charge is 0.300 e. The molecule has 0 aromatic rings. The molecule has 0 rings (SSSR count). The molecule has 0 spiro atoms. The van der Waals surface area contributed by atoms with Gasteiger partial charge in [0.15, 0.2) is 0 Å². The second kappa shape index (κ2) is 13.2. The van der Waals surface area contributed by atoms with Crippen LogP contribution in [0.2, 0.25) is 0 Å². The van der Waals surface area contributed by atoms with Crippen LogP contribution in [0.5, 0.6) is 0 Å². The molecule has 16 heavy (non-hydrogen) atoms. The standard InChI is InChI=1S/C14H27BrO/c1-2-3-4-5-6-7-8-9-11-14(16)12-10-13-15/h2-13H2,1H3. The van der Waals surface area contributed by atoms with E-state index in [0.29, 0.717) is 5.78 Å². The molecule has 96 valence electrons. The summed E-state index contributed by atoms with van der Waals surface area (Å²) in [5, 5.41) is 0.955. The fourth-order valence-electron chi connectivity index (χ4n) is 1.85. The van der Waals surface area contributed by atoms with Crippen LogP contribution in [0.4, 0.5) is 0 Å². The number of alkyl halides is 1. The van der Waals surface area contributed by atoms with E-state index in [9.17, 15) is 4.79 Å². The highest BCUT2D eigenvalue weighted by atomic mass is 79.9. The summed E-state index contributed by atoms with van der Waals surface area (Å²) in [6.45, 7) is 2.25. The summed E-state index contributed by atoms with van der Waals surface area (Å²) in [6.07, 6.45) is 13.1. The predicted octanol–water partition coefficient (Wildman–Crippen LogP) is 5.26. The quantitative estimate of drug-likeness (QED) is 0.354. The van der Waals surface area contributed by atoms with Crippen molar-refractivity contribution in [3.8, 4) is 0 Å². The van der Waals surface area contributed by atoms with Gasteiger partial charge in [0.1, 0.15) is 5.78 Å². The number of Topliss-reactive ketones (excluding diaryl/α,β-unsaturated/α-hetero) is 1. The van der Waals surface area contributed by atoms with Crippen LogP contribution in [0.1, 0.15) is 77.6 Å². The normalized spacial score (nSPS) is 10.6. The first-order valence-electron chi connectivity index (χ1n) is 6.89. The molecule has 0 amide bonds. The third-order valence-corrected chi connectivity index (χ3v) is 3.46. The fraction of sp³-hybridized carbons (Fsp3) is 0.929. The van der Waals surface area contributed by atoms with Gasteiger partial charge in [-0.2, -0.15) is 0 Å². The minimum atomic E-state index is 0.449. The van der Waals surface area contributed by atoms with E-state index in [1.54, 1.807) is 0 Å². The molecule has 0 aromatic heterocycles. The Morgan fingerprint density at radius 2 is 1.31 bits per heavy atom. The first kappa shape index (κ1) is 16.1. The molecule has 0 aliphatic carbocycles. The van der Waals surface area contributed by atoms with Gasteiger partial charge in [-0.3, -0.25) is 4.79 Å². The predicted molar refractivity (Wildman–Crippen MR) is 75.3 cm³/mol. The second-order valence-corrected chi connectivity index (χ2v) is 5.35. The highest BCUT2D eigenvalue weighted by Crippen LogP contribution is 2.10. The van der Waals surface area contributed by atoms with Gasteiger partial charge in [0, 0.05) is 18.2 Å². The van der Waals surface area contributed by atoms with Crippen molar-refractivity contribution in [2.24, 2.45) is 0 Å². The van der Waals surface area contributed by atoms with Crippen LogP contribution in [-0.2, 0) is 4.79 Å². The minimum absolute atomic E-state index is 0.449. The number of hydrogen-bond donors (Lipinski definition) is 0. The van der Waals surface area contributed by atoms with Crippen molar-refractivity contribution < 1.29 is 4.79 Å². The summed E-state index contributed by atoms with van der Waals surface area (Å²) >= 11 is 3.35. The Morgan fingerprint density at radius 3 is 1.88 bits per heavy atom. The lowest BCUT2D eigenvalue weighted by molar-refractivity contribution is -0.119. The van der Waals surface area contributed by atoms with Gasteiger partial charge in [-0.25, -0.2) is 0 Å². The lowest BCUT2D eigenvalue weighted by Crippen LogP contribution is -1.97. The van der Waals surface area contributed by atoms with Gasteiger partial charge in [-0.15, -0.1) is 0 Å². The Labute approximate surface area is 110 Å². The summed E-state index contributed by atoms with van der Waals surface area (Å²) in [6, 6.07) is 0. The average Bonchev–Trinajstić information content (AvgIpc) is 2.30. The molecule has 0 bridgehead atoms. The van der Waals surface area contributed by atoms with Crippen molar-refractivity contribution in [2.75, 3.05) is 5.33 Å². The van der Waals surface area contributed by atoms with E-state index in [0.717, 1.165) is 31.0 Å². The molecule has 2 heteroatoms. The van der Waals surface area contributed by atoms with Crippen molar-refractivity contribution in [2.45, 2.75) is 77.6 Å². The maximum Gasteiger partial charge on any atom is 0.132 e. The molecule has 0 unspecified atom stereocenters. The van der Waals surface area contributed by atoms with Gasteiger partial charge in [0.05, 0.1) is 0 Å². The van der Waals surface area contributed by atoms with Crippen LogP contribution < -0.4 is 0 Å². The zero-order valence-corrected chi connectivity index (χ0v) is 12.4. The van der Waals surface area contributed by atoms with Gasteiger partial charge in [0.2, 0.25) is 0 Å². The maximum absolute atomic E-state index is 11.4. The summed E-state index contributed by atoms with van der Waals surface area (Å²) < 4.78 is 0. The van der Waals surface area contributed by atoms with E-state index in [4.69, 9.17) is 0 Å². The molecule has 0 radical (unpaired) electrons. The number of carbonyl (C=O) groups excluding carboxylic acids is 1. The van der Waals surface area contributed by atoms with Gasteiger partial charge in [0.25, 0.3) is 0 Å². The molecule has 0 fully saturated rings. The van der Waals surface area contributed by atoms with E-state index in [2.05, 4.69) is 22.9 Å². The monoisotopic (exact) mass is 290 g/mol. The number of carbonyl (C=O) groups is 1. The van der Waals surface area contributed by atoms with Crippen molar-refractivity contribution in [1.82, 2.24) is 0 Å². The highest BCUT2D eigenvalue weighted by molar-refractivity contribution is 9.09. The van der Waals surface area contributed by atoms with Crippen molar-refractivity contribution in [1.29, 1.82) is 0 Å². The summed E-state index contributed by atoms with van der Waals surface area (Å²) in [4.78, 5) is 11.4. The van der Waals surface area contributed by atoms with E-state index in [1.807, 2.05) is 0 Å². The topological polar surface area (TPSA) is 17.1 Å². The minimum Gasteiger partial charge on any atom is -0.300 e. The molecule has 1 nitrogen and oxygen atoms in total. The van der Waals surface area contributed by atoms with Gasteiger partial charge >= 0.3 is 0 Å². The maximum atomic E-state index is 11.4. The molecule has 0 saturated carbocycles. The Bertz CT molecular complexity index is 157. The average molecular weight is 291 g/mol. The lowest BCUT2D eigenvalue weighted by atomic mass is 10.0. The molecule has 0 saturated heterocycles. The number of unbranched alkanes of at least 4 members (excludes halogenated alkanes) is 7. The molecular formula is C14H27BrO. The van der Waals surface area contributed by atoms with Crippen molar-refractivity contribution in [3.05, 3.63) is 0 Å². The van der Waals surface area contributed by atoms with Crippen molar-refractivity contribution in [3.63, 3.8) is 0 Å². The third-order valence-electron chi connectivity index (χ3n) is 2.90. The molecule has 0 atom stereocenters. The Balaban J connectivity index is 3.05.